The molecule has 0 amide bonds. The lowest BCUT2D eigenvalue weighted by Crippen LogP contribution is -2.26. The van der Waals surface area contributed by atoms with Gasteiger partial charge in [-0.15, -0.1) is 0 Å². The zero-order valence-electron chi connectivity index (χ0n) is 19.7. The van der Waals surface area contributed by atoms with Crippen molar-refractivity contribution in [3.8, 4) is 5.69 Å². The lowest BCUT2D eigenvalue weighted by Gasteiger charge is -2.16. The van der Waals surface area contributed by atoms with E-state index in [1.807, 2.05) is 35.8 Å². The summed E-state index contributed by atoms with van der Waals surface area (Å²) in [6.45, 7) is 8.24. The van der Waals surface area contributed by atoms with Crippen molar-refractivity contribution in [1.82, 2.24) is 24.1 Å². The van der Waals surface area contributed by atoms with Gasteiger partial charge in [0.1, 0.15) is 16.7 Å². The minimum Gasteiger partial charge on any atom is -0.293 e. The summed E-state index contributed by atoms with van der Waals surface area (Å²) in [5.74, 6) is 0.704. The van der Waals surface area contributed by atoms with Crippen molar-refractivity contribution in [2.45, 2.75) is 59.4 Å². The number of aryl methyl sites for hydroxylation is 2. The van der Waals surface area contributed by atoms with Crippen LogP contribution in [-0.2, 0) is 6.42 Å². The highest BCUT2D eigenvalue weighted by atomic mass is 16.1. The van der Waals surface area contributed by atoms with Crippen LogP contribution in [0.1, 0.15) is 57.5 Å². The van der Waals surface area contributed by atoms with Gasteiger partial charge in [0, 0.05) is 11.7 Å². The number of benzene rings is 2. The average molecular weight is 440 g/mol. The second-order valence-electron chi connectivity index (χ2n) is 8.78. The number of para-hydroxylation sites is 2. The van der Waals surface area contributed by atoms with Crippen molar-refractivity contribution in [3.05, 3.63) is 70.3 Å². The van der Waals surface area contributed by atoms with Crippen LogP contribution in [0.4, 0.5) is 0 Å². The van der Waals surface area contributed by atoms with Crippen LogP contribution in [0.15, 0.2) is 53.3 Å². The maximum Gasteiger partial charge on any atom is 0.265 e. The predicted molar refractivity (Wildman–Crippen MR) is 134 cm³/mol. The standard InChI is InChI=1S/C27H29N5O/c1-5-7-10-19-13-15-20(16-14-19)32-25-23(27(33)31(17(3)6-2)18(4)28-25)24-26(32)30-22-12-9-8-11-21(22)29-24/h8-9,11-17H,5-7,10H2,1-4H3/t17-/m0/s1. The topological polar surface area (TPSA) is 65.6 Å². The molecule has 0 N–H and O–H groups in total. The Balaban J connectivity index is 1.87. The zero-order chi connectivity index (χ0) is 23.1. The van der Waals surface area contributed by atoms with E-state index in [9.17, 15) is 4.79 Å². The van der Waals surface area contributed by atoms with Gasteiger partial charge in [-0.25, -0.2) is 15.0 Å². The number of aromatic nitrogens is 5. The monoisotopic (exact) mass is 439 g/mol. The highest BCUT2D eigenvalue weighted by Gasteiger charge is 2.23. The van der Waals surface area contributed by atoms with Crippen molar-refractivity contribution in [1.29, 1.82) is 0 Å². The SMILES string of the molecule is CCCCc1ccc(-n2c3nc4ccccc4nc3c3c(=O)n([C@@H](C)CC)c(C)nc32)cc1. The fourth-order valence-electron chi connectivity index (χ4n) is 4.55. The Bertz CT molecular complexity index is 1530. The van der Waals surface area contributed by atoms with Crippen LogP contribution in [-0.4, -0.2) is 24.1 Å². The van der Waals surface area contributed by atoms with Crippen LogP contribution < -0.4 is 5.56 Å². The highest BCUT2D eigenvalue weighted by molar-refractivity contribution is 6.05. The maximum atomic E-state index is 13.8. The smallest absolute Gasteiger partial charge is 0.265 e. The molecule has 0 unspecified atom stereocenters. The van der Waals surface area contributed by atoms with E-state index in [0.29, 0.717) is 28.0 Å². The molecule has 0 aliphatic heterocycles. The summed E-state index contributed by atoms with van der Waals surface area (Å²) in [7, 11) is 0. The summed E-state index contributed by atoms with van der Waals surface area (Å²) in [6, 6.07) is 16.3. The van der Waals surface area contributed by atoms with E-state index < -0.39 is 0 Å². The molecule has 0 saturated heterocycles. The third-order valence-corrected chi connectivity index (χ3v) is 6.53. The van der Waals surface area contributed by atoms with Crippen molar-refractivity contribution in [2.75, 3.05) is 0 Å². The average Bonchev–Trinajstić information content (AvgIpc) is 3.14. The Kier molecular flexibility index (Phi) is 5.44. The van der Waals surface area contributed by atoms with Gasteiger partial charge in [0.15, 0.2) is 11.3 Å². The molecule has 0 spiro atoms. The molecular formula is C27H29N5O. The summed E-state index contributed by atoms with van der Waals surface area (Å²) in [5.41, 5.74) is 5.64. The van der Waals surface area contributed by atoms with Crippen molar-refractivity contribution < 1.29 is 0 Å². The van der Waals surface area contributed by atoms with Crippen molar-refractivity contribution >= 4 is 33.2 Å². The molecule has 0 aliphatic rings. The van der Waals surface area contributed by atoms with Crippen LogP contribution in [0.3, 0.4) is 0 Å². The molecule has 0 bridgehead atoms. The first-order valence-corrected chi connectivity index (χ1v) is 11.8. The van der Waals surface area contributed by atoms with Gasteiger partial charge >= 0.3 is 0 Å². The normalized spacial score (nSPS) is 12.7. The maximum absolute atomic E-state index is 13.8. The van der Waals surface area contributed by atoms with Gasteiger partial charge in [0.05, 0.1) is 11.0 Å². The Hall–Kier alpha value is -3.54. The Labute approximate surface area is 192 Å². The molecule has 5 aromatic rings. The molecule has 5 rings (SSSR count). The molecule has 0 radical (unpaired) electrons. The number of hydrogen-bond acceptors (Lipinski definition) is 4. The molecule has 33 heavy (non-hydrogen) atoms. The summed E-state index contributed by atoms with van der Waals surface area (Å²) in [5, 5.41) is 0.532. The van der Waals surface area contributed by atoms with Gasteiger partial charge in [0.2, 0.25) is 0 Å². The van der Waals surface area contributed by atoms with Crippen LogP contribution in [0, 0.1) is 6.92 Å². The molecule has 6 nitrogen and oxygen atoms in total. The van der Waals surface area contributed by atoms with Gasteiger partial charge in [-0.2, -0.15) is 0 Å². The minimum absolute atomic E-state index is 0.0547. The summed E-state index contributed by atoms with van der Waals surface area (Å²) < 4.78 is 3.78. The number of nitrogens with zero attached hydrogens (tertiary/aromatic N) is 5. The number of rotatable bonds is 6. The second-order valence-corrected chi connectivity index (χ2v) is 8.78. The van der Waals surface area contributed by atoms with Gasteiger partial charge in [0.25, 0.3) is 5.56 Å². The third kappa shape index (κ3) is 3.50. The molecule has 1 atom stereocenters. The van der Waals surface area contributed by atoms with E-state index in [1.54, 1.807) is 4.57 Å². The first-order valence-electron chi connectivity index (χ1n) is 11.8. The molecular weight excluding hydrogens is 410 g/mol. The van der Waals surface area contributed by atoms with E-state index in [4.69, 9.17) is 15.0 Å². The van der Waals surface area contributed by atoms with E-state index in [0.717, 1.165) is 29.6 Å². The fourth-order valence-corrected chi connectivity index (χ4v) is 4.55. The number of hydrogen-bond donors (Lipinski definition) is 0. The third-order valence-electron chi connectivity index (χ3n) is 6.53. The van der Waals surface area contributed by atoms with Crippen LogP contribution in [0.2, 0.25) is 0 Å². The quantitative estimate of drug-likeness (QED) is 0.330. The fraction of sp³-hybridized carbons (Fsp3) is 0.333. The van der Waals surface area contributed by atoms with Crippen molar-refractivity contribution in [3.63, 3.8) is 0 Å². The van der Waals surface area contributed by atoms with E-state index in [2.05, 4.69) is 45.0 Å². The number of fused-ring (bicyclic) bond motifs is 4. The first-order chi connectivity index (χ1) is 16.0. The molecule has 0 saturated carbocycles. The van der Waals surface area contributed by atoms with E-state index >= 15 is 0 Å². The Morgan fingerprint density at radius 3 is 2.27 bits per heavy atom. The molecule has 2 aromatic carbocycles. The molecule has 6 heteroatoms. The Morgan fingerprint density at radius 2 is 1.61 bits per heavy atom. The van der Waals surface area contributed by atoms with Gasteiger partial charge in [-0.05, 0) is 62.9 Å². The lowest BCUT2D eigenvalue weighted by molar-refractivity contribution is 0.497. The van der Waals surface area contributed by atoms with Crippen molar-refractivity contribution in [2.24, 2.45) is 0 Å². The van der Waals surface area contributed by atoms with Gasteiger partial charge in [-0.1, -0.05) is 44.5 Å². The molecule has 0 aliphatic carbocycles. The zero-order valence-corrected chi connectivity index (χ0v) is 19.7. The van der Waals surface area contributed by atoms with Crippen LogP contribution in [0.5, 0.6) is 0 Å². The molecule has 3 aromatic heterocycles. The summed E-state index contributed by atoms with van der Waals surface area (Å²) in [4.78, 5) is 28.5. The molecule has 3 heterocycles. The van der Waals surface area contributed by atoms with Gasteiger partial charge < -0.3 is 0 Å². The summed E-state index contributed by atoms with van der Waals surface area (Å²) >= 11 is 0. The second kappa shape index (κ2) is 8.43. The lowest BCUT2D eigenvalue weighted by atomic mass is 10.1. The molecule has 0 fully saturated rings. The highest BCUT2D eigenvalue weighted by Crippen LogP contribution is 2.29. The largest absolute Gasteiger partial charge is 0.293 e. The van der Waals surface area contributed by atoms with Crippen LogP contribution in [0.25, 0.3) is 38.9 Å². The van der Waals surface area contributed by atoms with E-state index in [1.165, 1.54) is 18.4 Å². The van der Waals surface area contributed by atoms with Gasteiger partial charge in [-0.3, -0.25) is 13.9 Å². The summed E-state index contributed by atoms with van der Waals surface area (Å²) in [6.07, 6.45) is 4.25. The number of unbranched alkanes of at least 4 members (excludes halogenated alkanes) is 1. The first kappa shape index (κ1) is 21.3. The Morgan fingerprint density at radius 1 is 0.909 bits per heavy atom. The van der Waals surface area contributed by atoms with Crippen LogP contribution >= 0.6 is 0 Å². The van der Waals surface area contributed by atoms with E-state index in [-0.39, 0.29) is 11.6 Å². The molecule has 168 valence electrons. The minimum atomic E-state index is -0.0558. The predicted octanol–water partition coefficient (Wildman–Crippen LogP) is 5.91.